The zero-order valence-electron chi connectivity index (χ0n) is 13.4. The molecule has 0 aliphatic heterocycles. The summed E-state index contributed by atoms with van der Waals surface area (Å²) < 4.78 is 16.3. The van der Waals surface area contributed by atoms with E-state index in [9.17, 15) is 14.4 Å². The molecule has 128 valence electrons. The van der Waals surface area contributed by atoms with E-state index in [0.717, 1.165) is 0 Å². The number of carbonyl (C=O) groups excluding carboxylic acids is 3. The molecule has 0 aliphatic carbocycles. The molecule has 8 nitrogen and oxygen atoms in total. The molecule has 0 saturated heterocycles. The summed E-state index contributed by atoms with van der Waals surface area (Å²) in [5, 5.41) is 4.04. The summed E-state index contributed by atoms with van der Waals surface area (Å²) >= 11 is 3.15. The van der Waals surface area contributed by atoms with Crippen molar-refractivity contribution >= 4 is 33.8 Å². The minimum atomic E-state index is -1.42. The first-order valence-electron chi connectivity index (χ1n) is 7.11. The van der Waals surface area contributed by atoms with Crippen LogP contribution in [-0.2, 0) is 30.8 Å². The van der Waals surface area contributed by atoms with E-state index in [0.29, 0.717) is 0 Å². The van der Waals surface area contributed by atoms with Gasteiger partial charge in [0.05, 0.1) is 25.5 Å². The van der Waals surface area contributed by atoms with E-state index in [1.807, 2.05) is 0 Å². The van der Waals surface area contributed by atoms with E-state index in [-0.39, 0.29) is 35.7 Å². The lowest BCUT2D eigenvalue weighted by atomic mass is 10.0. The highest BCUT2D eigenvalue weighted by molar-refractivity contribution is 9.10. The molecule has 1 aromatic heterocycles. The summed E-state index contributed by atoms with van der Waals surface area (Å²) in [5.41, 5.74) is 0.0627. The van der Waals surface area contributed by atoms with E-state index in [2.05, 4.69) is 21.0 Å². The molecule has 0 bridgehead atoms. The van der Waals surface area contributed by atoms with Gasteiger partial charge in [-0.15, -0.1) is 0 Å². The number of ether oxygens (including phenoxy) is 3. The monoisotopic (exact) mass is 390 g/mol. The molecule has 1 heterocycles. The number of nitrogens with zero attached hydrogens (tertiary/aromatic N) is 2. The van der Waals surface area contributed by atoms with E-state index in [1.165, 1.54) is 11.7 Å². The van der Waals surface area contributed by atoms with E-state index in [4.69, 9.17) is 14.2 Å². The topological polar surface area (TPSA) is 96.7 Å². The molecule has 0 spiro atoms. The van der Waals surface area contributed by atoms with Crippen LogP contribution >= 0.6 is 15.9 Å². The molecule has 0 aliphatic rings. The van der Waals surface area contributed by atoms with Gasteiger partial charge in [-0.05, 0) is 36.7 Å². The fourth-order valence-electron chi connectivity index (χ4n) is 2.00. The van der Waals surface area contributed by atoms with Crippen molar-refractivity contribution in [3.63, 3.8) is 0 Å². The zero-order valence-corrected chi connectivity index (χ0v) is 15.0. The van der Waals surface area contributed by atoms with E-state index < -0.39 is 23.8 Å². The van der Waals surface area contributed by atoms with E-state index >= 15 is 0 Å². The quantitative estimate of drug-likeness (QED) is 0.395. The molecule has 0 saturated carbocycles. The van der Waals surface area contributed by atoms with Gasteiger partial charge in [-0.1, -0.05) is 0 Å². The predicted molar refractivity (Wildman–Crippen MR) is 82.9 cm³/mol. The first-order chi connectivity index (χ1) is 10.9. The average Bonchev–Trinajstić information content (AvgIpc) is 2.75. The molecule has 0 amide bonds. The lowest BCUT2D eigenvalue weighted by Gasteiger charge is -2.16. The Labute approximate surface area is 142 Å². The molecule has 1 rings (SSSR count). The average molecular weight is 391 g/mol. The van der Waals surface area contributed by atoms with Crippen LogP contribution < -0.4 is 0 Å². The highest BCUT2D eigenvalue weighted by Gasteiger charge is 2.39. The van der Waals surface area contributed by atoms with Crippen LogP contribution in [0, 0.1) is 0 Å². The second kappa shape index (κ2) is 8.66. The molecule has 0 aromatic carbocycles. The fraction of sp³-hybridized carbons (Fsp3) is 0.571. The van der Waals surface area contributed by atoms with Gasteiger partial charge in [-0.2, -0.15) is 5.10 Å². The summed E-state index contributed by atoms with van der Waals surface area (Å²) in [6.07, 6.45) is 0. The van der Waals surface area contributed by atoms with Crippen molar-refractivity contribution in [2.75, 3.05) is 19.8 Å². The molecule has 0 fully saturated rings. The maximum atomic E-state index is 12.2. The summed E-state index contributed by atoms with van der Waals surface area (Å²) in [7, 11) is 1.51. The minimum Gasteiger partial charge on any atom is -0.465 e. The van der Waals surface area contributed by atoms with Gasteiger partial charge in [0.25, 0.3) is 0 Å². The van der Waals surface area contributed by atoms with Crippen LogP contribution in [0.5, 0.6) is 0 Å². The first-order valence-corrected chi connectivity index (χ1v) is 7.90. The van der Waals surface area contributed by atoms with Crippen molar-refractivity contribution in [2.45, 2.75) is 26.7 Å². The molecule has 9 heteroatoms. The Bertz CT molecular complexity index is 580. The lowest BCUT2D eigenvalue weighted by molar-refractivity contribution is -0.157. The Balaban J connectivity index is 3.43. The minimum absolute atomic E-state index is 0.000422. The van der Waals surface area contributed by atoms with Gasteiger partial charge in [0.2, 0.25) is 0 Å². The van der Waals surface area contributed by atoms with Crippen molar-refractivity contribution in [3.05, 3.63) is 15.9 Å². The second-order valence-corrected chi connectivity index (χ2v) is 5.08. The van der Waals surface area contributed by atoms with Gasteiger partial charge in [-0.3, -0.25) is 14.3 Å². The number of hydrogen-bond acceptors (Lipinski definition) is 7. The van der Waals surface area contributed by atoms with Crippen LogP contribution in [-0.4, -0.2) is 47.5 Å². The number of aromatic nitrogens is 2. The molecule has 23 heavy (non-hydrogen) atoms. The zero-order chi connectivity index (χ0) is 17.6. The normalized spacial score (nSPS) is 10.5. The standard InChI is InChI=1S/C14H19BrN2O6/c1-5-21-12(18)8-10(17(4)16-11(8)15)9(13(19)22-6-2)14(20)23-7-3/h9H,5-7H2,1-4H3. The van der Waals surface area contributed by atoms with Gasteiger partial charge in [-0.25, -0.2) is 4.79 Å². The Morgan fingerprint density at radius 1 is 1.04 bits per heavy atom. The maximum Gasteiger partial charge on any atom is 0.342 e. The smallest absolute Gasteiger partial charge is 0.342 e. The molecule has 0 radical (unpaired) electrons. The molecular formula is C14H19BrN2O6. The van der Waals surface area contributed by atoms with Crippen LogP contribution in [0.25, 0.3) is 0 Å². The van der Waals surface area contributed by atoms with Gasteiger partial charge < -0.3 is 14.2 Å². The molecule has 0 unspecified atom stereocenters. The summed E-state index contributed by atoms with van der Waals surface area (Å²) in [5.74, 6) is -3.74. The highest BCUT2D eigenvalue weighted by atomic mass is 79.9. The van der Waals surface area contributed by atoms with E-state index in [1.54, 1.807) is 20.8 Å². The molecular weight excluding hydrogens is 372 g/mol. The number of hydrogen-bond donors (Lipinski definition) is 0. The summed E-state index contributed by atoms with van der Waals surface area (Å²) in [6, 6.07) is 0. The van der Waals surface area contributed by atoms with Crippen LogP contribution in [0.1, 0.15) is 42.7 Å². The third-order valence-electron chi connectivity index (χ3n) is 2.85. The van der Waals surface area contributed by atoms with Gasteiger partial charge in [0.15, 0.2) is 5.92 Å². The van der Waals surface area contributed by atoms with Crippen molar-refractivity contribution in [1.82, 2.24) is 9.78 Å². The highest BCUT2D eigenvalue weighted by Crippen LogP contribution is 2.29. The maximum absolute atomic E-state index is 12.2. The van der Waals surface area contributed by atoms with Gasteiger partial charge >= 0.3 is 17.9 Å². The number of carbonyl (C=O) groups is 3. The van der Waals surface area contributed by atoms with Crippen molar-refractivity contribution in [3.8, 4) is 0 Å². The van der Waals surface area contributed by atoms with Gasteiger partial charge in [0.1, 0.15) is 10.2 Å². The summed E-state index contributed by atoms with van der Waals surface area (Å²) in [6.45, 7) is 5.20. The summed E-state index contributed by atoms with van der Waals surface area (Å²) in [4.78, 5) is 36.6. The van der Waals surface area contributed by atoms with Crippen LogP contribution in [0.4, 0.5) is 0 Å². The first kappa shape index (κ1) is 19.1. The Hall–Kier alpha value is -1.90. The third-order valence-corrected chi connectivity index (χ3v) is 3.40. The molecule has 0 N–H and O–H groups in total. The SMILES string of the molecule is CCOC(=O)c1c(Br)nn(C)c1C(C(=O)OCC)C(=O)OCC. The fourth-order valence-corrected chi connectivity index (χ4v) is 2.60. The van der Waals surface area contributed by atoms with Crippen LogP contribution in [0.3, 0.4) is 0 Å². The van der Waals surface area contributed by atoms with Crippen molar-refractivity contribution in [2.24, 2.45) is 7.05 Å². The Kier molecular flexibility index (Phi) is 7.21. The van der Waals surface area contributed by atoms with Crippen molar-refractivity contribution < 1.29 is 28.6 Å². The largest absolute Gasteiger partial charge is 0.465 e. The predicted octanol–water partition coefficient (Wildman–Crippen LogP) is 1.57. The second-order valence-electron chi connectivity index (χ2n) is 4.33. The third kappa shape index (κ3) is 4.31. The molecule has 0 atom stereocenters. The van der Waals surface area contributed by atoms with Crippen molar-refractivity contribution in [1.29, 1.82) is 0 Å². The lowest BCUT2D eigenvalue weighted by Crippen LogP contribution is -2.29. The molecule has 1 aromatic rings. The number of aryl methyl sites for hydroxylation is 1. The Morgan fingerprint density at radius 2 is 1.52 bits per heavy atom. The number of halogens is 1. The van der Waals surface area contributed by atoms with Crippen LogP contribution in [0.2, 0.25) is 0 Å². The van der Waals surface area contributed by atoms with Crippen LogP contribution in [0.15, 0.2) is 4.60 Å². The number of rotatable bonds is 7. The van der Waals surface area contributed by atoms with Gasteiger partial charge in [0, 0.05) is 7.05 Å². The number of esters is 3. The Morgan fingerprint density at radius 3 is 1.96 bits per heavy atom.